The Bertz CT molecular complexity index is 756. The minimum absolute atomic E-state index is 0.0371. The van der Waals surface area contributed by atoms with E-state index in [1.165, 1.54) is 35.0 Å². The van der Waals surface area contributed by atoms with Gasteiger partial charge in [0.2, 0.25) is 11.8 Å². The van der Waals surface area contributed by atoms with Crippen LogP contribution in [-0.4, -0.2) is 45.1 Å². The number of hydrogen-bond donors (Lipinski definition) is 1. The van der Waals surface area contributed by atoms with Gasteiger partial charge in [-0.15, -0.1) is 5.10 Å². The van der Waals surface area contributed by atoms with Crippen LogP contribution in [0.2, 0.25) is 0 Å². The lowest BCUT2D eigenvalue weighted by Gasteiger charge is -2.13. The molecule has 0 spiro atoms. The van der Waals surface area contributed by atoms with Crippen molar-refractivity contribution in [3.63, 3.8) is 0 Å². The summed E-state index contributed by atoms with van der Waals surface area (Å²) in [4.78, 5) is 28.4. The van der Waals surface area contributed by atoms with E-state index in [0.717, 1.165) is 6.08 Å². The molecule has 7 nitrogen and oxygen atoms in total. The quantitative estimate of drug-likeness (QED) is 0.843. The predicted octanol–water partition coefficient (Wildman–Crippen LogP) is 1.30. The third-order valence-corrected chi connectivity index (χ3v) is 3.04. The van der Waals surface area contributed by atoms with Crippen LogP contribution in [0.25, 0.3) is 5.82 Å². The maximum absolute atomic E-state index is 13.7. The van der Waals surface area contributed by atoms with E-state index < -0.39 is 11.7 Å². The van der Waals surface area contributed by atoms with Crippen LogP contribution < -0.4 is 5.32 Å². The molecular weight excluding hydrogens is 301 g/mol. The second kappa shape index (κ2) is 6.82. The maximum Gasteiger partial charge on any atom is 0.246 e. The summed E-state index contributed by atoms with van der Waals surface area (Å²) in [6, 6.07) is 2.75. The number of aromatic nitrogens is 3. The van der Waals surface area contributed by atoms with Crippen molar-refractivity contribution in [1.82, 2.24) is 19.7 Å². The van der Waals surface area contributed by atoms with Crippen LogP contribution in [0.3, 0.4) is 0 Å². The number of rotatable bonds is 5. The van der Waals surface area contributed by atoms with Crippen LogP contribution in [0.1, 0.15) is 5.56 Å². The summed E-state index contributed by atoms with van der Waals surface area (Å²) in [5.74, 6) is -0.991. The fraction of sp³-hybridized carbons (Fsp3) is 0.200. The SMILES string of the molecule is C=CC(=O)N(C)CC(=O)Nc1nn(-c2ncccc2F)cc1C. The number of pyridine rings is 1. The number of anilines is 1. The average Bonchev–Trinajstić information content (AvgIpc) is 2.87. The standard InChI is InChI=1S/C15H16FN5O2/c1-4-13(23)20(3)9-12(22)18-14-10(2)8-21(19-14)15-11(16)6-5-7-17-15/h4-8H,1,9H2,2-3H3,(H,18,19,22). The highest BCUT2D eigenvalue weighted by Crippen LogP contribution is 2.16. The van der Waals surface area contributed by atoms with Crippen molar-refractivity contribution >= 4 is 17.6 Å². The summed E-state index contributed by atoms with van der Waals surface area (Å²) < 4.78 is 15.0. The summed E-state index contributed by atoms with van der Waals surface area (Å²) >= 11 is 0. The minimum Gasteiger partial charge on any atom is -0.333 e. The highest BCUT2D eigenvalue weighted by atomic mass is 19.1. The van der Waals surface area contributed by atoms with Gasteiger partial charge in [-0.3, -0.25) is 9.59 Å². The number of amides is 2. The fourth-order valence-corrected chi connectivity index (χ4v) is 1.86. The monoisotopic (exact) mass is 317 g/mol. The van der Waals surface area contributed by atoms with Gasteiger partial charge in [-0.1, -0.05) is 6.58 Å². The molecule has 0 aliphatic heterocycles. The number of nitrogens with one attached hydrogen (secondary N) is 1. The van der Waals surface area contributed by atoms with Crippen molar-refractivity contribution in [2.45, 2.75) is 6.92 Å². The van der Waals surface area contributed by atoms with E-state index in [0.29, 0.717) is 5.56 Å². The maximum atomic E-state index is 13.7. The smallest absolute Gasteiger partial charge is 0.246 e. The first kappa shape index (κ1) is 16.3. The van der Waals surface area contributed by atoms with Gasteiger partial charge in [0.05, 0.1) is 6.54 Å². The van der Waals surface area contributed by atoms with Crippen LogP contribution in [0, 0.1) is 12.7 Å². The first-order valence-corrected chi connectivity index (χ1v) is 6.77. The first-order valence-electron chi connectivity index (χ1n) is 6.77. The molecule has 0 saturated heterocycles. The van der Waals surface area contributed by atoms with Gasteiger partial charge >= 0.3 is 0 Å². The molecule has 0 aromatic carbocycles. The molecule has 0 saturated carbocycles. The lowest BCUT2D eigenvalue weighted by atomic mass is 10.3. The molecule has 0 radical (unpaired) electrons. The summed E-state index contributed by atoms with van der Waals surface area (Å²) in [7, 11) is 1.48. The van der Waals surface area contributed by atoms with Crippen LogP contribution >= 0.6 is 0 Å². The molecule has 23 heavy (non-hydrogen) atoms. The normalized spacial score (nSPS) is 10.2. The Morgan fingerprint density at radius 1 is 1.52 bits per heavy atom. The molecule has 8 heteroatoms. The molecule has 120 valence electrons. The second-order valence-corrected chi connectivity index (χ2v) is 4.86. The highest BCUT2D eigenvalue weighted by molar-refractivity contribution is 5.96. The average molecular weight is 317 g/mol. The molecule has 0 atom stereocenters. The summed E-state index contributed by atoms with van der Waals surface area (Å²) in [6.45, 7) is 4.93. The molecule has 0 bridgehead atoms. The molecule has 1 N–H and O–H groups in total. The zero-order valence-corrected chi connectivity index (χ0v) is 12.8. The van der Waals surface area contributed by atoms with Gasteiger partial charge in [0.15, 0.2) is 17.5 Å². The number of carbonyl (C=O) groups excluding carboxylic acids is 2. The highest BCUT2D eigenvalue weighted by Gasteiger charge is 2.15. The van der Waals surface area contributed by atoms with Crippen molar-refractivity contribution in [3.05, 3.63) is 48.6 Å². The molecule has 0 aliphatic carbocycles. The zero-order valence-electron chi connectivity index (χ0n) is 12.8. The van der Waals surface area contributed by atoms with E-state index in [1.807, 2.05) is 0 Å². The second-order valence-electron chi connectivity index (χ2n) is 4.86. The van der Waals surface area contributed by atoms with E-state index in [-0.39, 0.29) is 24.1 Å². The van der Waals surface area contributed by atoms with E-state index in [9.17, 15) is 14.0 Å². The van der Waals surface area contributed by atoms with Crippen molar-refractivity contribution in [3.8, 4) is 5.82 Å². The topological polar surface area (TPSA) is 80.1 Å². The Balaban J connectivity index is 2.13. The Labute approximate surface area is 132 Å². The lowest BCUT2D eigenvalue weighted by Crippen LogP contribution is -2.34. The summed E-state index contributed by atoms with van der Waals surface area (Å²) in [6.07, 6.45) is 4.13. The van der Waals surface area contributed by atoms with Gasteiger partial charge in [-0.05, 0) is 25.1 Å². The molecule has 2 amide bonds. The van der Waals surface area contributed by atoms with E-state index in [2.05, 4.69) is 22.0 Å². The fourth-order valence-electron chi connectivity index (χ4n) is 1.86. The largest absolute Gasteiger partial charge is 0.333 e. The van der Waals surface area contributed by atoms with Gasteiger partial charge < -0.3 is 10.2 Å². The molecular formula is C15H16FN5O2. The van der Waals surface area contributed by atoms with Crippen LogP contribution in [-0.2, 0) is 9.59 Å². The number of likely N-dealkylation sites (N-methyl/N-ethyl adjacent to an activating group) is 1. The summed E-state index contributed by atoms with van der Waals surface area (Å²) in [5.41, 5.74) is 0.640. The predicted molar refractivity (Wildman–Crippen MR) is 82.5 cm³/mol. The van der Waals surface area contributed by atoms with Crippen molar-refractivity contribution < 1.29 is 14.0 Å². The van der Waals surface area contributed by atoms with Crippen LogP contribution in [0.5, 0.6) is 0 Å². The van der Waals surface area contributed by atoms with Gasteiger partial charge in [-0.2, -0.15) is 0 Å². The Kier molecular flexibility index (Phi) is 4.85. The van der Waals surface area contributed by atoms with Crippen molar-refractivity contribution in [1.29, 1.82) is 0 Å². The van der Waals surface area contributed by atoms with Gasteiger partial charge in [0, 0.05) is 25.0 Å². The lowest BCUT2D eigenvalue weighted by molar-refractivity contribution is -0.129. The molecule has 2 rings (SSSR count). The number of nitrogens with zero attached hydrogens (tertiary/aromatic N) is 4. The Hall–Kier alpha value is -3.03. The van der Waals surface area contributed by atoms with Crippen molar-refractivity contribution in [2.75, 3.05) is 18.9 Å². The molecule has 2 aromatic heterocycles. The van der Waals surface area contributed by atoms with E-state index in [1.54, 1.807) is 13.1 Å². The van der Waals surface area contributed by atoms with Crippen LogP contribution in [0.4, 0.5) is 10.2 Å². The minimum atomic E-state index is -0.524. The van der Waals surface area contributed by atoms with Gasteiger partial charge in [0.1, 0.15) is 0 Å². The van der Waals surface area contributed by atoms with E-state index >= 15 is 0 Å². The number of carbonyl (C=O) groups is 2. The van der Waals surface area contributed by atoms with Crippen molar-refractivity contribution in [2.24, 2.45) is 0 Å². The van der Waals surface area contributed by atoms with Gasteiger partial charge in [0.25, 0.3) is 0 Å². The Morgan fingerprint density at radius 3 is 2.91 bits per heavy atom. The Morgan fingerprint density at radius 2 is 2.26 bits per heavy atom. The molecule has 0 fully saturated rings. The van der Waals surface area contributed by atoms with Crippen LogP contribution in [0.15, 0.2) is 37.2 Å². The number of aryl methyl sites for hydroxylation is 1. The molecule has 2 aromatic rings. The van der Waals surface area contributed by atoms with E-state index in [4.69, 9.17) is 0 Å². The molecule has 0 aliphatic rings. The third kappa shape index (κ3) is 3.79. The molecule has 0 unspecified atom stereocenters. The first-order chi connectivity index (χ1) is 10.9. The zero-order chi connectivity index (χ0) is 17.0. The summed E-state index contributed by atoms with van der Waals surface area (Å²) in [5, 5.41) is 6.69. The number of hydrogen-bond acceptors (Lipinski definition) is 4. The molecule has 2 heterocycles. The van der Waals surface area contributed by atoms with Gasteiger partial charge in [-0.25, -0.2) is 14.1 Å². The third-order valence-electron chi connectivity index (χ3n) is 3.04. The number of halogens is 1.